The monoisotopic (exact) mass is 497 g/mol. The number of aromatic nitrogens is 1. The van der Waals surface area contributed by atoms with Gasteiger partial charge in [0.2, 0.25) is 10.0 Å². The molecule has 1 N–H and O–H groups in total. The molecule has 2 aromatic rings. The molecule has 0 radical (unpaired) electrons. The van der Waals surface area contributed by atoms with Crippen LogP contribution in [-0.4, -0.2) is 66.6 Å². The minimum Gasteiger partial charge on any atom is -0.487 e. The van der Waals surface area contributed by atoms with Crippen molar-refractivity contribution in [1.29, 1.82) is 0 Å². The van der Waals surface area contributed by atoms with E-state index in [9.17, 15) is 13.5 Å². The summed E-state index contributed by atoms with van der Waals surface area (Å²) in [5, 5.41) is 9.68. The molecule has 0 fully saturated rings. The Hall–Kier alpha value is -1.52. The number of nitrogens with zero attached hydrogens (tertiary/aromatic N) is 3. The average Bonchev–Trinajstić information content (AvgIpc) is 2.70. The number of hydrogen-bond acceptors (Lipinski definition) is 6. The molecule has 1 aliphatic rings. The number of fused-ring (bicyclic) bond motifs is 1. The molecule has 0 unspecified atom stereocenters. The molecule has 0 saturated heterocycles. The van der Waals surface area contributed by atoms with Crippen molar-refractivity contribution in [2.24, 2.45) is 5.92 Å². The van der Waals surface area contributed by atoms with Crippen molar-refractivity contribution < 1.29 is 18.3 Å². The van der Waals surface area contributed by atoms with Crippen LogP contribution in [0.4, 0.5) is 0 Å². The zero-order valence-electron chi connectivity index (χ0n) is 17.4. The van der Waals surface area contributed by atoms with Crippen LogP contribution < -0.4 is 4.74 Å². The highest BCUT2D eigenvalue weighted by Crippen LogP contribution is 2.35. The van der Waals surface area contributed by atoms with Crippen molar-refractivity contribution in [2.45, 2.75) is 37.4 Å². The van der Waals surface area contributed by atoms with Crippen molar-refractivity contribution in [3.05, 3.63) is 52.8 Å². The number of benzene rings is 1. The molecule has 3 rings (SSSR count). The van der Waals surface area contributed by atoms with Crippen molar-refractivity contribution in [2.75, 3.05) is 26.7 Å². The normalized spacial score (nSPS) is 22.6. The van der Waals surface area contributed by atoms with Gasteiger partial charge in [0.15, 0.2) is 0 Å². The summed E-state index contributed by atoms with van der Waals surface area (Å²) < 4.78 is 35.0. The van der Waals surface area contributed by atoms with Gasteiger partial charge in [0, 0.05) is 48.5 Å². The lowest BCUT2D eigenvalue weighted by molar-refractivity contribution is 0.0733. The predicted octanol–water partition coefficient (Wildman–Crippen LogP) is 2.74. The van der Waals surface area contributed by atoms with Crippen LogP contribution in [0.3, 0.4) is 0 Å². The van der Waals surface area contributed by atoms with Gasteiger partial charge >= 0.3 is 0 Å². The Bertz CT molecular complexity index is 958. The number of likely N-dealkylation sites (N-methyl/N-ethyl adjacent to an activating group) is 1. The number of halogens is 1. The Kier molecular flexibility index (Phi) is 7.52. The highest BCUT2D eigenvalue weighted by molar-refractivity contribution is 9.10. The number of pyridine rings is 1. The van der Waals surface area contributed by atoms with Gasteiger partial charge < -0.3 is 9.84 Å². The van der Waals surface area contributed by atoms with Crippen LogP contribution in [0.1, 0.15) is 19.4 Å². The molecule has 7 nitrogen and oxygen atoms in total. The molecule has 2 heterocycles. The zero-order chi connectivity index (χ0) is 21.9. The van der Waals surface area contributed by atoms with Gasteiger partial charge in [-0.3, -0.25) is 9.88 Å². The molecule has 1 aliphatic heterocycles. The lowest BCUT2D eigenvalue weighted by atomic mass is 10.0. The molecule has 0 bridgehead atoms. The number of hydrogen-bond donors (Lipinski definition) is 1. The Morgan fingerprint density at radius 2 is 2.03 bits per heavy atom. The minimum atomic E-state index is -3.80. The van der Waals surface area contributed by atoms with E-state index in [1.807, 2.05) is 26.1 Å². The first kappa shape index (κ1) is 23.1. The first-order chi connectivity index (χ1) is 14.2. The summed E-state index contributed by atoms with van der Waals surface area (Å²) in [5.41, 5.74) is 1.15. The van der Waals surface area contributed by atoms with Crippen LogP contribution in [0, 0.1) is 5.92 Å². The lowest BCUT2D eigenvalue weighted by Crippen LogP contribution is -2.49. The number of sulfonamides is 1. The van der Waals surface area contributed by atoms with Crippen LogP contribution in [0.25, 0.3) is 0 Å². The molecule has 3 atom stereocenters. The fourth-order valence-electron chi connectivity index (χ4n) is 3.59. The second-order valence-electron chi connectivity index (χ2n) is 7.88. The predicted molar refractivity (Wildman–Crippen MR) is 119 cm³/mol. The number of ether oxygens (including phenoxy) is 1. The summed E-state index contributed by atoms with van der Waals surface area (Å²) in [6, 6.07) is 8.37. The molecule has 0 saturated carbocycles. The van der Waals surface area contributed by atoms with Crippen molar-refractivity contribution in [3.8, 4) is 5.75 Å². The maximum absolute atomic E-state index is 13.3. The fourth-order valence-corrected chi connectivity index (χ4v) is 5.75. The molecular weight excluding hydrogens is 470 g/mol. The fraction of sp³-hybridized carbons (Fsp3) is 0.476. The van der Waals surface area contributed by atoms with Gasteiger partial charge in [0.1, 0.15) is 16.7 Å². The number of rotatable bonds is 6. The van der Waals surface area contributed by atoms with E-state index >= 15 is 0 Å². The molecular formula is C21H28BrN3O4S. The third-order valence-corrected chi connectivity index (χ3v) is 7.84. The van der Waals surface area contributed by atoms with Crippen LogP contribution >= 0.6 is 15.9 Å². The van der Waals surface area contributed by atoms with Crippen molar-refractivity contribution in [1.82, 2.24) is 14.2 Å². The van der Waals surface area contributed by atoms with E-state index in [-0.39, 0.29) is 30.1 Å². The Balaban J connectivity index is 1.92. The van der Waals surface area contributed by atoms with Gasteiger partial charge in [0.05, 0.1) is 6.61 Å². The summed E-state index contributed by atoms with van der Waals surface area (Å²) in [6.07, 6.45) is 3.31. The van der Waals surface area contributed by atoms with Crippen molar-refractivity contribution in [3.63, 3.8) is 0 Å². The smallest absolute Gasteiger partial charge is 0.247 e. The standard InChI is InChI=1S/C21H28BrN3O4S/c1-15-11-25(16(2)14-26)30(27,28)21-5-4-18(22)10-19(21)29-20(15)13-24(3)12-17-6-8-23-9-7-17/h4-10,15-16,20,26H,11-14H2,1-3H3/t15-,16+,20+/m1/s1. The quantitative estimate of drug-likeness (QED) is 0.660. The van der Waals surface area contributed by atoms with Gasteiger partial charge in [-0.25, -0.2) is 8.42 Å². The Labute approximate surface area is 186 Å². The van der Waals surface area contributed by atoms with E-state index in [2.05, 4.69) is 25.8 Å². The minimum absolute atomic E-state index is 0.0826. The van der Waals surface area contributed by atoms with Gasteiger partial charge in [-0.05, 0) is 49.9 Å². The highest BCUT2D eigenvalue weighted by Gasteiger charge is 2.38. The molecule has 30 heavy (non-hydrogen) atoms. The lowest BCUT2D eigenvalue weighted by Gasteiger charge is -2.37. The maximum Gasteiger partial charge on any atom is 0.247 e. The molecule has 0 spiro atoms. The first-order valence-electron chi connectivity index (χ1n) is 9.88. The van der Waals surface area contributed by atoms with E-state index in [4.69, 9.17) is 4.74 Å². The number of aliphatic hydroxyl groups is 1. The molecule has 0 amide bonds. The van der Waals surface area contributed by atoms with Gasteiger partial charge in [-0.2, -0.15) is 4.31 Å². The summed E-state index contributed by atoms with van der Waals surface area (Å²) >= 11 is 3.42. The zero-order valence-corrected chi connectivity index (χ0v) is 19.8. The summed E-state index contributed by atoms with van der Waals surface area (Å²) in [7, 11) is -1.78. The van der Waals surface area contributed by atoms with E-state index in [1.54, 1.807) is 37.5 Å². The summed E-state index contributed by atoms with van der Waals surface area (Å²) in [4.78, 5) is 6.33. The largest absolute Gasteiger partial charge is 0.487 e. The van der Waals surface area contributed by atoms with Crippen LogP contribution in [0.2, 0.25) is 0 Å². The van der Waals surface area contributed by atoms with Crippen LogP contribution in [0.5, 0.6) is 5.75 Å². The molecule has 1 aromatic carbocycles. The summed E-state index contributed by atoms with van der Waals surface area (Å²) in [6.45, 7) is 5.08. The molecule has 0 aliphatic carbocycles. The SMILES string of the molecule is C[C@@H]1CN([C@@H](C)CO)S(=O)(=O)c2ccc(Br)cc2O[C@H]1CN(C)Cc1ccncc1. The van der Waals surface area contributed by atoms with Crippen molar-refractivity contribution >= 4 is 26.0 Å². The second kappa shape index (κ2) is 9.74. The van der Waals surface area contributed by atoms with E-state index < -0.39 is 16.1 Å². The van der Waals surface area contributed by atoms with Crippen LogP contribution in [0.15, 0.2) is 52.1 Å². The average molecular weight is 498 g/mol. The Morgan fingerprint density at radius 1 is 1.33 bits per heavy atom. The first-order valence-corrected chi connectivity index (χ1v) is 12.1. The molecule has 164 valence electrons. The maximum atomic E-state index is 13.3. The van der Waals surface area contributed by atoms with Crippen LogP contribution in [-0.2, 0) is 16.6 Å². The molecule has 9 heteroatoms. The van der Waals surface area contributed by atoms with E-state index in [0.717, 1.165) is 16.6 Å². The van der Waals surface area contributed by atoms with E-state index in [1.165, 1.54) is 4.31 Å². The highest BCUT2D eigenvalue weighted by atomic mass is 79.9. The Morgan fingerprint density at radius 3 is 2.70 bits per heavy atom. The molecule has 1 aromatic heterocycles. The van der Waals surface area contributed by atoms with Gasteiger partial charge in [0.25, 0.3) is 0 Å². The van der Waals surface area contributed by atoms with Gasteiger partial charge in [-0.15, -0.1) is 0 Å². The topological polar surface area (TPSA) is 83.0 Å². The summed E-state index contributed by atoms with van der Waals surface area (Å²) in [5.74, 6) is 0.245. The number of aliphatic hydroxyl groups excluding tert-OH is 1. The third kappa shape index (κ3) is 5.20. The van der Waals surface area contributed by atoms with Gasteiger partial charge in [-0.1, -0.05) is 22.9 Å². The third-order valence-electron chi connectivity index (χ3n) is 5.32. The van der Waals surface area contributed by atoms with E-state index in [0.29, 0.717) is 12.3 Å². The second-order valence-corrected chi connectivity index (χ2v) is 10.7.